The summed E-state index contributed by atoms with van der Waals surface area (Å²) >= 11 is 0. The molecule has 6 N–H and O–H groups in total. The molecule has 6 aromatic rings. The smallest absolute Gasteiger partial charge is 0.204 e. The Bertz CT molecular complexity index is 1970. The Hall–Kier alpha value is -5.90. The first-order chi connectivity index (χ1) is 19.1. The maximum absolute atomic E-state index is 13.2. The maximum atomic E-state index is 13.2. The number of fused-ring (bicyclic) bond motifs is 2. The summed E-state index contributed by atoms with van der Waals surface area (Å²) in [4.78, 5) is 26.4. The van der Waals surface area contributed by atoms with E-state index in [9.17, 15) is 40.2 Å². The Kier molecular flexibility index (Phi) is 5.40. The average Bonchev–Trinajstić information content (AvgIpc) is 2.89. The van der Waals surface area contributed by atoms with Crippen LogP contribution in [0.1, 0.15) is 0 Å². The second-order valence-corrected chi connectivity index (χ2v) is 9.10. The monoisotopic (exact) mass is 538 g/mol. The van der Waals surface area contributed by atoms with Crippen LogP contribution in [0.25, 0.3) is 55.3 Å². The Morgan fingerprint density at radius 2 is 0.850 bits per heavy atom. The average molecular weight is 538 g/mol. The molecule has 2 aromatic heterocycles. The van der Waals surface area contributed by atoms with E-state index in [1.807, 2.05) is 0 Å². The number of phenols is 6. The van der Waals surface area contributed by atoms with Crippen LogP contribution in [0.4, 0.5) is 0 Å². The van der Waals surface area contributed by atoms with Gasteiger partial charge in [-0.05, 0) is 35.4 Å². The SMILES string of the molecule is O=c1c(-c2ccc(O)c(-c3cc(-c4coc5cc(O)cc(O)c5c4=O)ccc3O)c2)coc2cc(O)cc(O)c12. The van der Waals surface area contributed by atoms with Crippen molar-refractivity contribution in [3.05, 3.63) is 93.6 Å². The molecule has 0 atom stereocenters. The molecule has 10 nitrogen and oxygen atoms in total. The Morgan fingerprint density at radius 3 is 1.25 bits per heavy atom. The van der Waals surface area contributed by atoms with Crippen LogP contribution < -0.4 is 10.9 Å². The van der Waals surface area contributed by atoms with E-state index < -0.39 is 22.4 Å². The van der Waals surface area contributed by atoms with Crippen LogP contribution in [0.2, 0.25) is 0 Å². The predicted octanol–water partition coefficient (Wildman–Crippen LogP) is 5.13. The van der Waals surface area contributed by atoms with E-state index in [-0.39, 0.29) is 78.3 Å². The number of hydrogen-bond donors (Lipinski definition) is 6. The zero-order valence-electron chi connectivity index (χ0n) is 20.2. The van der Waals surface area contributed by atoms with Gasteiger partial charge in [-0.1, -0.05) is 12.1 Å². The van der Waals surface area contributed by atoms with Crippen LogP contribution in [0, 0.1) is 0 Å². The molecule has 0 unspecified atom stereocenters. The Morgan fingerprint density at radius 1 is 0.450 bits per heavy atom. The largest absolute Gasteiger partial charge is 0.508 e. The van der Waals surface area contributed by atoms with E-state index in [0.717, 1.165) is 24.7 Å². The molecule has 0 bridgehead atoms. The summed E-state index contributed by atoms with van der Waals surface area (Å²) in [6.45, 7) is 0. The van der Waals surface area contributed by atoms with Crippen LogP contribution in [0.5, 0.6) is 34.5 Å². The third-order valence-corrected chi connectivity index (χ3v) is 6.59. The third-order valence-electron chi connectivity index (χ3n) is 6.59. The first-order valence-electron chi connectivity index (χ1n) is 11.7. The van der Waals surface area contributed by atoms with Crippen LogP contribution in [-0.2, 0) is 0 Å². The fourth-order valence-electron chi connectivity index (χ4n) is 4.67. The molecule has 198 valence electrons. The zero-order chi connectivity index (χ0) is 28.3. The van der Waals surface area contributed by atoms with Crippen LogP contribution in [0.15, 0.2) is 91.6 Å². The lowest BCUT2D eigenvalue weighted by Crippen LogP contribution is -2.05. The highest BCUT2D eigenvalue weighted by Gasteiger charge is 2.19. The number of aromatic hydroxyl groups is 6. The standard InChI is InChI=1S/C30H18O10/c31-15-7-23(35)27-25(9-15)39-11-19(29(27)37)13-1-3-21(33)17(5-13)18-6-14(2-4-22(18)34)20-12-40-26-10-16(32)8-24(36)28(26)30(20)38/h1-12,31-36H. The lowest BCUT2D eigenvalue weighted by Gasteiger charge is -2.12. The molecule has 0 amide bonds. The molecule has 0 fully saturated rings. The van der Waals surface area contributed by atoms with Gasteiger partial charge in [0.15, 0.2) is 0 Å². The predicted molar refractivity (Wildman–Crippen MR) is 145 cm³/mol. The Balaban J connectivity index is 1.51. The normalized spacial score (nSPS) is 11.3. The minimum absolute atomic E-state index is 0.0222. The van der Waals surface area contributed by atoms with Gasteiger partial charge in [-0.15, -0.1) is 0 Å². The molecule has 4 aromatic carbocycles. The van der Waals surface area contributed by atoms with Crippen molar-refractivity contribution in [2.24, 2.45) is 0 Å². The van der Waals surface area contributed by atoms with Gasteiger partial charge >= 0.3 is 0 Å². The first-order valence-corrected chi connectivity index (χ1v) is 11.7. The van der Waals surface area contributed by atoms with Crippen molar-refractivity contribution in [3.8, 4) is 67.9 Å². The van der Waals surface area contributed by atoms with Crippen molar-refractivity contribution in [3.63, 3.8) is 0 Å². The molecule has 0 saturated carbocycles. The molecule has 0 saturated heterocycles. The van der Waals surface area contributed by atoms with Crippen molar-refractivity contribution in [2.75, 3.05) is 0 Å². The molecule has 6 rings (SSSR count). The molecule has 10 heteroatoms. The molecular weight excluding hydrogens is 520 g/mol. The number of benzene rings is 4. The van der Waals surface area contributed by atoms with E-state index >= 15 is 0 Å². The summed E-state index contributed by atoms with van der Waals surface area (Å²) in [5, 5.41) is 60.9. The maximum Gasteiger partial charge on any atom is 0.204 e. The van der Waals surface area contributed by atoms with Crippen LogP contribution in [0.3, 0.4) is 0 Å². The molecule has 0 spiro atoms. The molecule has 0 radical (unpaired) electrons. The summed E-state index contributed by atoms with van der Waals surface area (Å²) in [6.07, 6.45) is 2.31. The topological polar surface area (TPSA) is 182 Å². The highest BCUT2D eigenvalue weighted by Crippen LogP contribution is 2.40. The minimum atomic E-state index is -0.590. The van der Waals surface area contributed by atoms with Crippen LogP contribution >= 0.6 is 0 Å². The van der Waals surface area contributed by atoms with Gasteiger partial charge in [-0.3, -0.25) is 9.59 Å². The fraction of sp³-hybridized carbons (Fsp3) is 0. The third kappa shape index (κ3) is 3.82. The van der Waals surface area contributed by atoms with Crippen molar-refractivity contribution >= 4 is 21.9 Å². The second kappa shape index (κ2) is 8.84. The second-order valence-electron chi connectivity index (χ2n) is 9.10. The lowest BCUT2D eigenvalue weighted by molar-refractivity contribution is 0.451. The molecule has 2 heterocycles. The van der Waals surface area contributed by atoms with Gasteiger partial charge < -0.3 is 39.5 Å². The summed E-state index contributed by atoms with van der Waals surface area (Å²) < 4.78 is 10.9. The molecule has 0 aliphatic heterocycles. The van der Waals surface area contributed by atoms with E-state index in [4.69, 9.17) is 8.83 Å². The van der Waals surface area contributed by atoms with Gasteiger partial charge in [0.2, 0.25) is 10.9 Å². The highest BCUT2D eigenvalue weighted by molar-refractivity contribution is 5.91. The van der Waals surface area contributed by atoms with Gasteiger partial charge in [0.25, 0.3) is 0 Å². The van der Waals surface area contributed by atoms with E-state index in [1.54, 1.807) is 0 Å². The molecule has 0 aliphatic rings. The first kappa shape index (κ1) is 24.4. The number of rotatable bonds is 3. The van der Waals surface area contributed by atoms with Crippen molar-refractivity contribution in [1.82, 2.24) is 0 Å². The Labute approximate surface area is 223 Å². The fourth-order valence-corrected chi connectivity index (χ4v) is 4.67. The van der Waals surface area contributed by atoms with Gasteiger partial charge in [-0.25, -0.2) is 0 Å². The van der Waals surface area contributed by atoms with Gasteiger partial charge in [0, 0.05) is 35.4 Å². The summed E-state index contributed by atoms with van der Waals surface area (Å²) in [7, 11) is 0. The van der Waals surface area contributed by atoms with E-state index in [0.29, 0.717) is 0 Å². The minimum Gasteiger partial charge on any atom is -0.508 e. The van der Waals surface area contributed by atoms with Gasteiger partial charge in [0.05, 0.1) is 11.1 Å². The summed E-state index contributed by atoms with van der Waals surface area (Å²) in [5.41, 5.74) is -0.337. The van der Waals surface area contributed by atoms with Gasteiger partial charge in [-0.2, -0.15) is 0 Å². The highest BCUT2D eigenvalue weighted by atomic mass is 16.3. The zero-order valence-corrected chi connectivity index (χ0v) is 20.2. The van der Waals surface area contributed by atoms with E-state index in [2.05, 4.69) is 0 Å². The van der Waals surface area contributed by atoms with Crippen molar-refractivity contribution < 1.29 is 39.5 Å². The lowest BCUT2D eigenvalue weighted by atomic mass is 9.95. The number of hydrogen-bond acceptors (Lipinski definition) is 10. The van der Waals surface area contributed by atoms with Crippen LogP contribution in [-0.4, -0.2) is 30.6 Å². The molecule has 40 heavy (non-hydrogen) atoms. The van der Waals surface area contributed by atoms with Gasteiger partial charge in [0.1, 0.15) is 69.0 Å². The van der Waals surface area contributed by atoms with Crippen molar-refractivity contribution in [1.29, 1.82) is 0 Å². The van der Waals surface area contributed by atoms with Crippen molar-refractivity contribution in [2.45, 2.75) is 0 Å². The molecule has 0 aliphatic carbocycles. The summed E-state index contributed by atoms with van der Waals surface area (Å²) in [6, 6.07) is 12.8. The number of phenolic OH excluding ortho intramolecular Hbond substituents is 6. The summed E-state index contributed by atoms with van der Waals surface area (Å²) in [5.74, 6) is -1.98. The van der Waals surface area contributed by atoms with E-state index in [1.165, 1.54) is 48.5 Å². The quantitative estimate of drug-likeness (QED) is 0.177. The molecular formula is C30H18O10.